The number of primary amides is 1. The van der Waals surface area contributed by atoms with Crippen LogP contribution in [0.4, 0.5) is 0 Å². The van der Waals surface area contributed by atoms with Crippen LogP contribution in [-0.2, 0) is 5.75 Å². The van der Waals surface area contributed by atoms with Gasteiger partial charge in [-0.3, -0.25) is 9.79 Å². The molecule has 6 heteroatoms. The highest BCUT2D eigenvalue weighted by atomic mass is 35.5. The highest BCUT2D eigenvalue weighted by Gasteiger charge is 2.08. The summed E-state index contributed by atoms with van der Waals surface area (Å²) in [5, 5.41) is 0.571. The van der Waals surface area contributed by atoms with E-state index in [0.717, 1.165) is 11.3 Å². The zero-order valence-corrected chi connectivity index (χ0v) is 13.0. The Labute approximate surface area is 124 Å². The van der Waals surface area contributed by atoms with Gasteiger partial charge in [0.2, 0.25) is 5.91 Å². The smallest absolute Gasteiger partial charge is 0.248 e. The molecule has 0 aromatic heterocycles. The van der Waals surface area contributed by atoms with Crippen LogP contribution < -0.4 is 11.5 Å². The maximum atomic E-state index is 10.9. The van der Waals surface area contributed by atoms with Crippen molar-refractivity contribution >= 4 is 35.2 Å². The highest BCUT2D eigenvalue weighted by molar-refractivity contribution is 8.13. The molecule has 0 saturated heterocycles. The molecular weight excluding hydrogens is 282 g/mol. The van der Waals surface area contributed by atoms with Gasteiger partial charge in [-0.25, -0.2) is 0 Å². The molecule has 0 bridgehead atoms. The number of aliphatic imine (C=N–C) groups is 1. The number of hydrogen-bond acceptors (Lipinski definition) is 3. The zero-order chi connectivity index (χ0) is 13.8. The summed E-state index contributed by atoms with van der Waals surface area (Å²) in [6.45, 7) is 6.01. The quantitative estimate of drug-likeness (QED) is 0.665. The number of carbonyl (C=O) groups is 1. The molecule has 0 atom stereocenters. The first-order chi connectivity index (χ1) is 8.28. The van der Waals surface area contributed by atoms with Crippen molar-refractivity contribution in [3.8, 4) is 0 Å². The van der Waals surface area contributed by atoms with E-state index in [2.05, 4.69) is 4.99 Å². The first kappa shape index (κ1) is 17.8. The summed E-state index contributed by atoms with van der Waals surface area (Å²) in [5.74, 6) is 0.313. The summed E-state index contributed by atoms with van der Waals surface area (Å²) >= 11 is 1.48. The van der Waals surface area contributed by atoms with E-state index in [-0.39, 0.29) is 17.9 Å². The van der Waals surface area contributed by atoms with Crippen LogP contribution in [0.5, 0.6) is 0 Å². The summed E-state index contributed by atoms with van der Waals surface area (Å²) in [6, 6.07) is 7.18. The molecule has 19 heavy (non-hydrogen) atoms. The monoisotopic (exact) mass is 301 g/mol. The molecule has 0 aliphatic heterocycles. The lowest BCUT2D eigenvalue weighted by molar-refractivity contribution is 0.100. The summed E-state index contributed by atoms with van der Waals surface area (Å²) in [7, 11) is 0. The molecule has 0 heterocycles. The lowest BCUT2D eigenvalue weighted by Gasteiger charge is -2.13. The van der Waals surface area contributed by atoms with Crippen LogP contribution in [0.25, 0.3) is 0 Å². The standard InChI is InChI=1S/C13H19N3OS.ClH/c1-13(2,3)16-12(15)18-8-9-4-6-10(7-5-9)11(14)17;/h4-7H,8H2,1-3H3,(H2,14,17)(H2,15,16);1H. The Hall–Kier alpha value is -1.20. The topological polar surface area (TPSA) is 81.5 Å². The molecule has 0 spiro atoms. The van der Waals surface area contributed by atoms with Crippen LogP contribution in [0.15, 0.2) is 29.3 Å². The highest BCUT2D eigenvalue weighted by Crippen LogP contribution is 2.15. The Balaban J connectivity index is 0.00000324. The lowest BCUT2D eigenvalue weighted by Crippen LogP contribution is -2.17. The molecule has 4 N–H and O–H groups in total. The number of thioether (sulfide) groups is 1. The third-order valence-corrected chi connectivity index (χ3v) is 2.94. The van der Waals surface area contributed by atoms with Crippen molar-refractivity contribution in [1.82, 2.24) is 0 Å². The van der Waals surface area contributed by atoms with Crippen LogP contribution in [0.1, 0.15) is 36.7 Å². The summed E-state index contributed by atoms with van der Waals surface area (Å²) in [6.07, 6.45) is 0. The van der Waals surface area contributed by atoms with Gasteiger partial charge in [0.1, 0.15) is 0 Å². The minimum Gasteiger partial charge on any atom is -0.379 e. The SMILES string of the molecule is CC(C)(C)N=C(N)SCc1ccc(C(N)=O)cc1.Cl. The molecule has 1 aromatic carbocycles. The third-order valence-electron chi connectivity index (χ3n) is 2.07. The van der Waals surface area contributed by atoms with E-state index in [1.165, 1.54) is 11.8 Å². The Bertz CT molecular complexity index is 452. The second-order valence-corrected chi connectivity index (χ2v) is 5.97. The van der Waals surface area contributed by atoms with Gasteiger partial charge >= 0.3 is 0 Å². The molecule has 0 aliphatic carbocycles. The Morgan fingerprint density at radius 3 is 2.16 bits per heavy atom. The van der Waals surface area contributed by atoms with Gasteiger partial charge in [-0.1, -0.05) is 23.9 Å². The lowest BCUT2D eigenvalue weighted by atomic mass is 10.1. The number of nitrogens with two attached hydrogens (primary N) is 2. The van der Waals surface area contributed by atoms with Gasteiger partial charge in [0, 0.05) is 11.3 Å². The normalized spacial score (nSPS) is 11.8. The van der Waals surface area contributed by atoms with E-state index in [0.29, 0.717) is 10.7 Å². The number of benzene rings is 1. The maximum Gasteiger partial charge on any atom is 0.248 e. The van der Waals surface area contributed by atoms with E-state index in [9.17, 15) is 4.79 Å². The van der Waals surface area contributed by atoms with Gasteiger partial charge in [-0.15, -0.1) is 12.4 Å². The number of halogens is 1. The summed E-state index contributed by atoms with van der Waals surface area (Å²) in [4.78, 5) is 15.3. The molecule has 1 amide bonds. The number of nitrogens with zero attached hydrogens (tertiary/aromatic N) is 1. The van der Waals surface area contributed by atoms with Crippen LogP contribution in [0.2, 0.25) is 0 Å². The minimum absolute atomic E-state index is 0. The van der Waals surface area contributed by atoms with Crippen LogP contribution in [0, 0.1) is 0 Å². The minimum atomic E-state index is -0.414. The molecular formula is C13H20ClN3OS. The van der Waals surface area contributed by atoms with Crippen LogP contribution in [-0.4, -0.2) is 16.6 Å². The zero-order valence-electron chi connectivity index (χ0n) is 11.3. The first-order valence-corrected chi connectivity index (χ1v) is 6.63. The maximum absolute atomic E-state index is 10.9. The van der Waals surface area contributed by atoms with E-state index < -0.39 is 5.91 Å². The molecule has 106 valence electrons. The van der Waals surface area contributed by atoms with Gasteiger partial charge in [-0.2, -0.15) is 0 Å². The fourth-order valence-corrected chi connectivity index (χ4v) is 2.13. The fourth-order valence-electron chi connectivity index (χ4n) is 1.29. The van der Waals surface area contributed by atoms with Crippen LogP contribution >= 0.6 is 24.2 Å². The van der Waals surface area contributed by atoms with Crippen molar-refractivity contribution in [2.45, 2.75) is 32.1 Å². The Morgan fingerprint density at radius 2 is 1.74 bits per heavy atom. The average Bonchev–Trinajstić information content (AvgIpc) is 2.24. The summed E-state index contributed by atoms with van der Waals surface area (Å²) in [5.41, 5.74) is 12.4. The fraction of sp³-hybridized carbons (Fsp3) is 0.385. The predicted octanol–water partition coefficient (Wildman–Crippen LogP) is 2.55. The largest absolute Gasteiger partial charge is 0.379 e. The number of carbonyl (C=O) groups excluding carboxylic acids is 1. The molecule has 0 aliphatic rings. The number of amides is 1. The molecule has 4 nitrogen and oxygen atoms in total. The third kappa shape index (κ3) is 7.08. The number of amidine groups is 1. The van der Waals surface area contributed by atoms with Crippen molar-refractivity contribution in [2.75, 3.05) is 0 Å². The number of rotatable bonds is 3. The van der Waals surface area contributed by atoms with Gasteiger partial charge in [-0.05, 0) is 38.5 Å². The Kier molecular flexibility index (Phi) is 6.94. The number of hydrogen-bond donors (Lipinski definition) is 2. The summed E-state index contributed by atoms with van der Waals surface area (Å²) < 4.78 is 0. The van der Waals surface area contributed by atoms with Gasteiger partial charge < -0.3 is 11.5 Å². The van der Waals surface area contributed by atoms with Crippen molar-refractivity contribution in [1.29, 1.82) is 0 Å². The second-order valence-electron chi connectivity index (χ2n) is 4.97. The Morgan fingerprint density at radius 1 is 1.21 bits per heavy atom. The molecule has 1 rings (SSSR count). The van der Waals surface area contributed by atoms with Gasteiger partial charge in [0.15, 0.2) is 5.17 Å². The van der Waals surface area contributed by atoms with E-state index in [1.54, 1.807) is 12.1 Å². The van der Waals surface area contributed by atoms with E-state index >= 15 is 0 Å². The first-order valence-electron chi connectivity index (χ1n) is 5.65. The van der Waals surface area contributed by atoms with Crippen LogP contribution in [0.3, 0.4) is 0 Å². The van der Waals surface area contributed by atoms with Crippen molar-refractivity contribution < 1.29 is 4.79 Å². The average molecular weight is 302 g/mol. The second kappa shape index (κ2) is 7.40. The molecule has 1 aromatic rings. The van der Waals surface area contributed by atoms with E-state index in [1.807, 2.05) is 32.9 Å². The van der Waals surface area contributed by atoms with Gasteiger partial charge in [0.05, 0.1) is 5.54 Å². The molecule has 0 unspecified atom stereocenters. The molecule has 0 fully saturated rings. The van der Waals surface area contributed by atoms with Crippen molar-refractivity contribution in [3.63, 3.8) is 0 Å². The van der Waals surface area contributed by atoms with Crippen molar-refractivity contribution in [3.05, 3.63) is 35.4 Å². The van der Waals surface area contributed by atoms with E-state index in [4.69, 9.17) is 11.5 Å². The molecule has 0 radical (unpaired) electrons. The van der Waals surface area contributed by atoms with Gasteiger partial charge in [0.25, 0.3) is 0 Å². The van der Waals surface area contributed by atoms with Crippen molar-refractivity contribution in [2.24, 2.45) is 16.5 Å². The molecule has 0 saturated carbocycles. The predicted molar refractivity (Wildman–Crippen MR) is 84.9 cm³/mol.